The Labute approximate surface area is 184 Å². The summed E-state index contributed by atoms with van der Waals surface area (Å²) >= 11 is 0. The molecule has 4 rings (SSSR count). The van der Waals surface area contributed by atoms with Crippen molar-refractivity contribution in [3.8, 4) is 5.75 Å². The molecule has 1 aliphatic heterocycles. The van der Waals surface area contributed by atoms with Gasteiger partial charge in [0.1, 0.15) is 5.75 Å². The first-order valence-electron chi connectivity index (χ1n) is 11.0. The average molecular weight is 443 g/mol. The topological polar surface area (TPSA) is 75.7 Å². The molecule has 1 saturated heterocycles. The molecular formula is C24H30N2O4S. The Balaban J connectivity index is 1.58. The van der Waals surface area contributed by atoms with Gasteiger partial charge >= 0.3 is 0 Å². The highest BCUT2D eigenvalue weighted by molar-refractivity contribution is 7.89. The molecule has 1 N–H and O–H groups in total. The van der Waals surface area contributed by atoms with Gasteiger partial charge in [-0.2, -0.15) is 0 Å². The van der Waals surface area contributed by atoms with Gasteiger partial charge in [-0.15, -0.1) is 0 Å². The lowest BCUT2D eigenvalue weighted by Crippen LogP contribution is -2.36. The van der Waals surface area contributed by atoms with Crippen LogP contribution in [0.4, 0.5) is 0 Å². The third-order valence-corrected chi connectivity index (χ3v) is 7.85. The molecule has 1 aliphatic carbocycles. The van der Waals surface area contributed by atoms with Crippen LogP contribution in [0.3, 0.4) is 0 Å². The molecule has 31 heavy (non-hydrogen) atoms. The summed E-state index contributed by atoms with van der Waals surface area (Å²) in [5.41, 5.74) is 3.90. The molecule has 0 bridgehead atoms. The number of nitrogens with one attached hydrogen (secondary N) is 1. The fourth-order valence-corrected chi connectivity index (χ4v) is 5.78. The van der Waals surface area contributed by atoms with E-state index < -0.39 is 10.0 Å². The van der Waals surface area contributed by atoms with Crippen molar-refractivity contribution in [3.63, 3.8) is 0 Å². The summed E-state index contributed by atoms with van der Waals surface area (Å²) < 4.78 is 34.4. The zero-order valence-corrected chi connectivity index (χ0v) is 19.0. The number of ether oxygens (including phenoxy) is 1. The molecule has 2 aromatic carbocycles. The molecule has 1 fully saturated rings. The van der Waals surface area contributed by atoms with E-state index in [9.17, 15) is 13.2 Å². The molecule has 1 amide bonds. The maximum Gasteiger partial charge on any atom is 0.257 e. The van der Waals surface area contributed by atoms with Crippen LogP contribution in [0.1, 0.15) is 65.7 Å². The summed E-state index contributed by atoms with van der Waals surface area (Å²) in [7, 11) is -2.32. The molecule has 1 unspecified atom stereocenters. The van der Waals surface area contributed by atoms with E-state index in [1.54, 1.807) is 11.0 Å². The Bertz CT molecular complexity index is 1070. The number of rotatable bonds is 6. The van der Waals surface area contributed by atoms with Crippen molar-refractivity contribution < 1.29 is 17.9 Å². The number of piperidine rings is 1. The number of benzene rings is 2. The predicted octanol–water partition coefficient (Wildman–Crippen LogP) is 3.85. The maximum atomic E-state index is 13.1. The Kier molecular flexibility index (Phi) is 6.34. The van der Waals surface area contributed by atoms with Gasteiger partial charge in [-0.05, 0) is 80.3 Å². The molecule has 2 aromatic rings. The van der Waals surface area contributed by atoms with Gasteiger partial charge in [-0.3, -0.25) is 4.79 Å². The third kappa shape index (κ3) is 4.62. The summed E-state index contributed by atoms with van der Waals surface area (Å²) in [6.07, 6.45) is 6.33. The minimum atomic E-state index is -3.81. The molecule has 1 atom stereocenters. The molecular weight excluding hydrogens is 412 g/mol. The third-order valence-electron chi connectivity index (χ3n) is 6.31. The fraction of sp³-hybridized carbons (Fsp3) is 0.458. The summed E-state index contributed by atoms with van der Waals surface area (Å²) in [4.78, 5) is 14.9. The van der Waals surface area contributed by atoms with E-state index >= 15 is 0 Å². The van der Waals surface area contributed by atoms with E-state index in [2.05, 4.69) is 16.9 Å². The minimum Gasteiger partial charge on any atom is -0.496 e. The molecule has 7 heteroatoms. The predicted molar refractivity (Wildman–Crippen MR) is 120 cm³/mol. The number of aryl methyl sites for hydroxylation is 2. The Morgan fingerprint density at radius 3 is 2.48 bits per heavy atom. The van der Waals surface area contributed by atoms with E-state index in [1.165, 1.54) is 30.4 Å². The monoisotopic (exact) mass is 442 g/mol. The van der Waals surface area contributed by atoms with Crippen LogP contribution < -0.4 is 9.46 Å². The molecule has 166 valence electrons. The highest BCUT2D eigenvalue weighted by atomic mass is 32.2. The first-order chi connectivity index (χ1) is 14.9. The van der Waals surface area contributed by atoms with Crippen LogP contribution in [0.2, 0.25) is 0 Å². The highest BCUT2D eigenvalue weighted by Gasteiger charge is 2.26. The summed E-state index contributed by atoms with van der Waals surface area (Å²) in [5.74, 6) is 0.210. The van der Waals surface area contributed by atoms with Crippen LogP contribution in [0.5, 0.6) is 5.75 Å². The molecule has 0 saturated carbocycles. The number of carbonyl (C=O) groups is 1. The number of fused-ring (bicyclic) bond motifs is 1. The fourth-order valence-electron chi connectivity index (χ4n) is 4.52. The molecule has 1 heterocycles. The zero-order valence-electron chi connectivity index (χ0n) is 18.2. The number of hydrogen-bond acceptors (Lipinski definition) is 4. The largest absolute Gasteiger partial charge is 0.496 e. The maximum absolute atomic E-state index is 13.1. The smallest absolute Gasteiger partial charge is 0.257 e. The van der Waals surface area contributed by atoms with Crippen LogP contribution in [-0.2, 0) is 22.9 Å². The Morgan fingerprint density at radius 1 is 1.00 bits per heavy atom. The van der Waals surface area contributed by atoms with Crippen LogP contribution in [-0.4, -0.2) is 39.4 Å². The number of sulfonamides is 1. The summed E-state index contributed by atoms with van der Waals surface area (Å²) in [6, 6.07) is 10.3. The van der Waals surface area contributed by atoms with Crippen molar-refractivity contribution in [2.24, 2.45) is 0 Å². The lowest BCUT2D eigenvalue weighted by Gasteiger charge is -2.27. The van der Waals surface area contributed by atoms with Crippen molar-refractivity contribution in [2.75, 3.05) is 20.2 Å². The van der Waals surface area contributed by atoms with Gasteiger partial charge in [0, 0.05) is 19.1 Å². The van der Waals surface area contributed by atoms with Crippen molar-refractivity contribution in [1.29, 1.82) is 0 Å². The molecule has 6 nitrogen and oxygen atoms in total. The molecule has 2 aliphatic rings. The molecule has 0 aromatic heterocycles. The molecule has 0 spiro atoms. The van der Waals surface area contributed by atoms with Crippen LogP contribution in [0.15, 0.2) is 41.3 Å². The van der Waals surface area contributed by atoms with E-state index in [0.29, 0.717) is 18.8 Å². The number of carbonyl (C=O) groups excluding carboxylic acids is 1. The molecule has 0 radical (unpaired) electrons. The van der Waals surface area contributed by atoms with Crippen molar-refractivity contribution >= 4 is 15.9 Å². The van der Waals surface area contributed by atoms with Gasteiger partial charge in [0.25, 0.3) is 5.91 Å². The lowest BCUT2D eigenvalue weighted by molar-refractivity contribution is 0.0720. The van der Waals surface area contributed by atoms with Gasteiger partial charge in [0.2, 0.25) is 10.0 Å². The quantitative estimate of drug-likeness (QED) is 0.737. The minimum absolute atomic E-state index is 0.0710. The number of amides is 1. The van der Waals surface area contributed by atoms with Gasteiger partial charge in [0.05, 0.1) is 17.6 Å². The van der Waals surface area contributed by atoms with E-state index in [4.69, 9.17) is 4.74 Å². The Morgan fingerprint density at radius 2 is 1.74 bits per heavy atom. The van der Waals surface area contributed by atoms with Crippen molar-refractivity contribution in [2.45, 2.75) is 56.4 Å². The second-order valence-electron chi connectivity index (χ2n) is 8.44. The summed E-state index contributed by atoms with van der Waals surface area (Å²) in [6.45, 7) is 3.22. The Hall–Kier alpha value is -2.38. The highest BCUT2D eigenvalue weighted by Crippen LogP contribution is 2.28. The van der Waals surface area contributed by atoms with Crippen LogP contribution >= 0.6 is 0 Å². The first-order valence-corrected chi connectivity index (χ1v) is 12.5. The van der Waals surface area contributed by atoms with Gasteiger partial charge in [0.15, 0.2) is 0 Å². The van der Waals surface area contributed by atoms with E-state index in [0.717, 1.165) is 44.1 Å². The average Bonchev–Trinajstić information content (AvgIpc) is 3.26. The van der Waals surface area contributed by atoms with Gasteiger partial charge in [-0.25, -0.2) is 13.1 Å². The summed E-state index contributed by atoms with van der Waals surface area (Å²) in [5, 5.41) is 0. The van der Waals surface area contributed by atoms with Crippen molar-refractivity contribution in [1.82, 2.24) is 9.62 Å². The SMILES string of the molecule is COc1ccc(S(=O)(=O)NC(C)c2ccc3c(c2)CCC3)cc1C(=O)N1CCCCC1. The van der Waals surface area contributed by atoms with Gasteiger partial charge < -0.3 is 9.64 Å². The number of likely N-dealkylation sites (tertiary alicyclic amines) is 1. The number of nitrogens with zero attached hydrogens (tertiary/aromatic N) is 1. The van der Waals surface area contributed by atoms with Gasteiger partial charge in [-0.1, -0.05) is 18.2 Å². The number of methoxy groups -OCH3 is 1. The first kappa shape index (κ1) is 21.8. The normalized spacial score (nSPS) is 17.3. The second kappa shape index (κ2) is 9.01. The van der Waals surface area contributed by atoms with E-state index in [-0.39, 0.29) is 22.4 Å². The number of hydrogen-bond donors (Lipinski definition) is 1. The van der Waals surface area contributed by atoms with Crippen LogP contribution in [0, 0.1) is 0 Å². The lowest BCUT2D eigenvalue weighted by atomic mass is 10.0. The second-order valence-corrected chi connectivity index (χ2v) is 10.2. The van der Waals surface area contributed by atoms with Crippen LogP contribution in [0.25, 0.3) is 0 Å². The van der Waals surface area contributed by atoms with E-state index in [1.807, 2.05) is 13.0 Å². The zero-order chi connectivity index (χ0) is 22.0. The standard InChI is InChI=1S/C24H30N2O4S/c1-17(19-10-9-18-7-6-8-20(18)15-19)25-31(28,29)21-11-12-23(30-2)22(16-21)24(27)26-13-4-3-5-14-26/h9-12,15-17,25H,3-8,13-14H2,1-2H3. The van der Waals surface area contributed by atoms with Crippen molar-refractivity contribution in [3.05, 3.63) is 58.7 Å².